The van der Waals surface area contributed by atoms with Crippen LogP contribution in [0.2, 0.25) is 0 Å². The highest BCUT2D eigenvalue weighted by Crippen LogP contribution is 2.15. The molecule has 27 heavy (non-hydrogen) atoms. The minimum atomic E-state index is -1.08. The monoisotopic (exact) mass is 373 g/mol. The van der Waals surface area contributed by atoms with Crippen LogP contribution in [0.3, 0.4) is 0 Å². The van der Waals surface area contributed by atoms with Gasteiger partial charge in [-0.05, 0) is 62.7 Å². The Kier molecular flexibility index (Phi) is 6.65. The summed E-state index contributed by atoms with van der Waals surface area (Å²) in [5.74, 6) is -1.44. The summed E-state index contributed by atoms with van der Waals surface area (Å²) in [7, 11) is 0. The van der Waals surface area contributed by atoms with Gasteiger partial charge in [-0.1, -0.05) is 6.07 Å². The number of esters is 1. The topological polar surface area (TPSA) is 81.7 Å². The summed E-state index contributed by atoms with van der Waals surface area (Å²) < 4.78 is 23.8. The molecule has 2 aromatic carbocycles. The van der Waals surface area contributed by atoms with Crippen LogP contribution >= 0.6 is 0 Å². The first-order valence-corrected chi connectivity index (χ1v) is 8.26. The van der Waals surface area contributed by atoms with Crippen LogP contribution in [0.4, 0.5) is 10.1 Å². The number of carbonyl (C=O) groups excluding carboxylic acids is 3. The van der Waals surface area contributed by atoms with Crippen molar-refractivity contribution < 1.29 is 28.2 Å². The summed E-state index contributed by atoms with van der Waals surface area (Å²) in [6, 6.07) is 10.6. The van der Waals surface area contributed by atoms with Crippen molar-refractivity contribution in [2.24, 2.45) is 0 Å². The molecule has 7 heteroatoms. The lowest BCUT2D eigenvalue weighted by molar-refractivity contribution is -0.155. The molecular weight excluding hydrogens is 353 g/mol. The fourth-order valence-electron chi connectivity index (χ4n) is 2.13. The Hall–Kier alpha value is -3.22. The Labute approximate surface area is 156 Å². The third kappa shape index (κ3) is 5.91. The Bertz CT molecular complexity index is 848. The fraction of sp³-hybridized carbons (Fsp3) is 0.250. The molecule has 0 bridgehead atoms. The Morgan fingerprint density at radius 3 is 2.37 bits per heavy atom. The van der Waals surface area contributed by atoms with Gasteiger partial charge in [0, 0.05) is 11.3 Å². The van der Waals surface area contributed by atoms with Gasteiger partial charge in [0.15, 0.2) is 18.5 Å². The number of hydrogen-bond acceptors (Lipinski definition) is 5. The fourth-order valence-corrected chi connectivity index (χ4v) is 2.13. The van der Waals surface area contributed by atoms with E-state index in [2.05, 4.69) is 5.32 Å². The van der Waals surface area contributed by atoms with Crippen LogP contribution in [0.1, 0.15) is 29.8 Å². The molecule has 0 radical (unpaired) electrons. The van der Waals surface area contributed by atoms with Crippen LogP contribution in [0.15, 0.2) is 42.5 Å². The number of Topliss-reactive ketones (excluding diaryl/α,β-unsaturated/α-hetero) is 1. The standard InChI is InChI=1S/C20H20FNO5/c1-12-4-7-16(10-18(12)21)22-20(25)14(3)27-19(24)11-26-17-8-5-15(6-9-17)13(2)23/h4-10,14H,11H2,1-3H3,(H,22,25)/t14-/m0/s1. The molecule has 0 aliphatic heterocycles. The summed E-state index contributed by atoms with van der Waals surface area (Å²) in [5, 5.41) is 2.48. The molecule has 142 valence electrons. The van der Waals surface area contributed by atoms with Gasteiger partial charge in [0.05, 0.1) is 0 Å². The number of carbonyl (C=O) groups is 3. The number of anilines is 1. The minimum Gasteiger partial charge on any atom is -0.482 e. The Morgan fingerprint density at radius 2 is 1.78 bits per heavy atom. The van der Waals surface area contributed by atoms with E-state index in [-0.39, 0.29) is 11.5 Å². The molecule has 1 amide bonds. The number of amides is 1. The normalized spacial score (nSPS) is 11.4. The lowest BCUT2D eigenvalue weighted by Crippen LogP contribution is -2.31. The van der Waals surface area contributed by atoms with Gasteiger partial charge in [-0.25, -0.2) is 9.18 Å². The smallest absolute Gasteiger partial charge is 0.344 e. The lowest BCUT2D eigenvalue weighted by atomic mass is 10.1. The predicted molar refractivity (Wildman–Crippen MR) is 97.3 cm³/mol. The van der Waals surface area contributed by atoms with E-state index in [1.807, 2.05) is 0 Å². The van der Waals surface area contributed by atoms with Crippen LogP contribution in [-0.4, -0.2) is 30.4 Å². The molecule has 0 aliphatic rings. The third-order valence-corrected chi connectivity index (χ3v) is 3.73. The van der Waals surface area contributed by atoms with E-state index in [1.54, 1.807) is 37.3 Å². The molecule has 1 atom stereocenters. The summed E-state index contributed by atoms with van der Waals surface area (Å²) in [5.41, 5.74) is 1.26. The van der Waals surface area contributed by atoms with Gasteiger partial charge in [0.25, 0.3) is 5.91 Å². The van der Waals surface area contributed by atoms with Crippen LogP contribution in [0, 0.1) is 12.7 Å². The van der Waals surface area contributed by atoms with Crippen LogP contribution in [0.25, 0.3) is 0 Å². The molecule has 2 aromatic rings. The number of ketones is 1. The van der Waals surface area contributed by atoms with Crippen molar-refractivity contribution in [3.8, 4) is 5.75 Å². The van der Waals surface area contributed by atoms with Crippen molar-refractivity contribution in [2.75, 3.05) is 11.9 Å². The second-order valence-electron chi connectivity index (χ2n) is 5.95. The zero-order valence-corrected chi connectivity index (χ0v) is 15.2. The molecule has 2 rings (SSSR count). The SMILES string of the molecule is CC(=O)c1ccc(OCC(=O)O[C@@H](C)C(=O)Nc2ccc(C)c(F)c2)cc1. The highest BCUT2D eigenvalue weighted by Gasteiger charge is 2.18. The second-order valence-corrected chi connectivity index (χ2v) is 5.95. The van der Waals surface area contributed by atoms with Crippen molar-refractivity contribution in [3.05, 3.63) is 59.4 Å². The van der Waals surface area contributed by atoms with Crippen LogP contribution < -0.4 is 10.1 Å². The molecule has 0 aliphatic carbocycles. The number of halogens is 1. The number of aryl methyl sites for hydroxylation is 1. The summed E-state index contributed by atoms with van der Waals surface area (Å²) >= 11 is 0. The number of benzene rings is 2. The maximum Gasteiger partial charge on any atom is 0.344 e. The number of ether oxygens (including phenoxy) is 2. The third-order valence-electron chi connectivity index (χ3n) is 3.73. The molecular formula is C20H20FNO5. The van der Waals surface area contributed by atoms with Crippen LogP contribution in [-0.2, 0) is 14.3 Å². The number of rotatable bonds is 7. The zero-order valence-electron chi connectivity index (χ0n) is 15.2. The van der Waals surface area contributed by atoms with Crippen molar-refractivity contribution in [1.29, 1.82) is 0 Å². The van der Waals surface area contributed by atoms with E-state index in [0.29, 0.717) is 16.9 Å². The lowest BCUT2D eigenvalue weighted by Gasteiger charge is -2.14. The minimum absolute atomic E-state index is 0.0748. The average Bonchev–Trinajstić information content (AvgIpc) is 2.63. The first-order valence-electron chi connectivity index (χ1n) is 8.26. The van der Waals surface area contributed by atoms with E-state index in [0.717, 1.165) is 0 Å². The average molecular weight is 373 g/mol. The highest BCUT2D eigenvalue weighted by atomic mass is 19.1. The van der Waals surface area contributed by atoms with Crippen LogP contribution in [0.5, 0.6) is 5.75 Å². The van der Waals surface area contributed by atoms with E-state index < -0.39 is 30.4 Å². The van der Waals surface area contributed by atoms with Gasteiger partial charge in [-0.2, -0.15) is 0 Å². The first kappa shape index (κ1) is 20.1. The Morgan fingerprint density at radius 1 is 1.11 bits per heavy atom. The quantitative estimate of drug-likeness (QED) is 0.595. The van der Waals surface area contributed by atoms with E-state index >= 15 is 0 Å². The second kappa shape index (κ2) is 8.93. The van der Waals surface area contributed by atoms with Gasteiger partial charge in [-0.15, -0.1) is 0 Å². The molecule has 0 aromatic heterocycles. The number of hydrogen-bond donors (Lipinski definition) is 1. The number of nitrogens with one attached hydrogen (secondary N) is 1. The molecule has 6 nitrogen and oxygen atoms in total. The van der Waals surface area contributed by atoms with Gasteiger partial charge < -0.3 is 14.8 Å². The largest absolute Gasteiger partial charge is 0.482 e. The molecule has 0 spiro atoms. The molecule has 0 saturated carbocycles. The van der Waals surface area contributed by atoms with Gasteiger partial charge >= 0.3 is 5.97 Å². The van der Waals surface area contributed by atoms with Crippen molar-refractivity contribution in [1.82, 2.24) is 0 Å². The molecule has 0 unspecified atom stereocenters. The van der Waals surface area contributed by atoms with E-state index in [1.165, 1.54) is 26.0 Å². The zero-order chi connectivity index (χ0) is 20.0. The molecule has 0 heterocycles. The predicted octanol–water partition coefficient (Wildman–Crippen LogP) is 3.29. The maximum absolute atomic E-state index is 13.5. The summed E-state index contributed by atoms with van der Waals surface area (Å²) in [4.78, 5) is 35.1. The van der Waals surface area contributed by atoms with E-state index in [9.17, 15) is 18.8 Å². The van der Waals surface area contributed by atoms with Crippen molar-refractivity contribution in [3.63, 3.8) is 0 Å². The van der Waals surface area contributed by atoms with Gasteiger partial charge in [0.1, 0.15) is 11.6 Å². The van der Waals surface area contributed by atoms with Crippen molar-refractivity contribution >= 4 is 23.3 Å². The van der Waals surface area contributed by atoms with Gasteiger partial charge in [-0.3, -0.25) is 9.59 Å². The van der Waals surface area contributed by atoms with Gasteiger partial charge in [0.2, 0.25) is 0 Å². The van der Waals surface area contributed by atoms with E-state index in [4.69, 9.17) is 9.47 Å². The highest BCUT2D eigenvalue weighted by molar-refractivity contribution is 5.95. The first-order chi connectivity index (χ1) is 12.8. The van der Waals surface area contributed by atoms with Crippen molar-refractivity contribution in [2.45, 2.75) is 26.9 Å². The molecule has 0 saturated heterocycles. The summed E-state index contributed by atoms with van der Waals surface area (Å²) in [6.07, 6.45) is -1.08. The maximum atomic E-state index is 13.5. The molecule has 0 fully saturated rings. The molecule has 1 N–H and O–H groups in total. The Balaban J connectivity index is 1.82. The summed E-state index contributed by atoms with van der Waals surface area (Å²) in [6.45, 7) is 4.07.